The second-order valence-electron chi connectivity index (χ2n) is 5.02. The van der Waals surface area contributed by atoms with E-state index in [1.807, 2.05) is 0 Å². The summed E-state index contributed by atoms with van der Waals surface area (Å²) < 4.78 is 5.89. The lowest BCUT2D eigenvalue weighted by molar-refractivity contribution is 0.299. The summed E-state index contributed by atoms with van der Waals surface area (Å²) in [6.45, 7) is 7.25. The van der Waals surface area contributed by atoms with Crippen molar-refractivity contribution in [2.45, 2.75) is 84.2 Å². The van der Waals surface area contributed by atoms with Crippen LogP contribution in [-0.4, -0.2) is 14.2 Å². The summed E-state index contributed by atoms with van der Waals surface area (Å²) in [4.78, 5) is 0. The molecule has 0 N–H and O–H groups in total. The Balaban J connectivity index is 3.27. The molecule has 0 saturated carbocycles. The number of unbranched alkanes of at least 4 members (excludes halogenated alkanes) is 6. The van der Waals surface area contributed by atoms with Crippen LogP contribution < -0.4 is 0 Å². The van der Waals surface area contributed by atoms with Gasteiger partial charge in [-0.25, -0.2) is 0 Å². The molecule has 0 fully saturated rings. The van der Waals surface area contributed by atoms with E-state index in [1.165, 1.54) is 32.1 Å². The maximum absolute atomic E-state index is 6.43. The SMILES string of the molecule is CCC#CCCCCCCCCO[Si](Cl)(CC)CC. The van der Waals surface area contributed by atoms with Crippen molar-refractivity contribution in [3.63, 3.8) is 0 Å². The topological polar surface area (TPSA) is 9.23 Å². The van der Waals surface area contributed by atoms with Crippen LogP contribution in [-0.2, 0) is 4.43 Å². The minimum Gasteiger partial charge on any atom is -0.403 e. The van der Waals surface area contributed by atoms with Crippen LogP contribution >= 0.6 is 11.1 Å². The predicted molar refractivity (Wildman–Crippen MR) is 88.9 cm³/mol. The maximum atomic E-state index is 6.43. The first-order chi connectivity index (χ1) is 9.18. The Morgan fingerprint density at radius 2 is 1.42 bits per heavy atom. The second kappa shape index (κ2) is 13.0. The van der Waals surface area contributed by atoms with Crippen molar-refractivity contribution in [2.24, 2.45) is 0 Å². The Morgan fingerprint density at radius 1 is 0.842 bits per heavy atom. The number of halogens is 1. The van der Waals surface area contributed by atoms with Gasteiger partial charge in [0.1, 0.15) is 0 Å². The van der Waals surface area contributed by atoms with E-state index in [4.69, 9.17) is 15.5 Å². The van der Waals surface area contributed by atoms with Gasteiger partial charge in [-0.15, -0.1) is 22.9 Å². The highest BCUT2D eigenvalue weighted by atomic mass is 35.6. The largest absolute Gasteiger partial charge is 0.403 e. The molecule has 0 amide bonds. The quantitative estimate of drug-likeness (QED) is 0.201. The van der Waals surface area contributed by atoms with E-state index in [0.29, 0.717) is 0 Å². The average molecular weight is 303 g/mol. The normalized spacial score (nSPS) is 11.2. The van der Waals surface area contributed by atoms with E-state index in [1.54, 1.807) is 0 Å². The average Bonchev–Trinajstić information content (AvgIpc) is 2.44. The van der Waals surface area contributed by atoms with E-state index in [2.05, 4.69) is 32.6 Å². The Bertz CT molecular complexity index is 253. The van der Waals surface area contributed by atoms with E-state index in [-0.39, 0.29) is 0 Å². The van der Waals surface area contributed by atoms with Crippen molar-refractivity contribution < 1.29 is 4.43 Å². The van der Waals surface area contributed by atoms with Gasteiger partial charge in [0.25, 0.3) is 7.63 Å². The number of rotatable bonds is 11. The Labute approximate surface area is 126 Å². The van der Waals surface area contributed by atoms with Gasteiger partial charge in [0.05, 0.1) is 0 Å². The molecule has 0 aliphatic heterocycles. The number of hydrogen-bond acceptors (Lipinski definition) is 1. The van der Waals surface area contributed by atoms with Crippen LogP contribution in [0.4, 0.5) is 0 Å². The van der Waals surface area contributed by atoms with E-state index >= 15 is 0 Å². The van der Waals surface area contributed by atoms with Crippen LogP contribution in [0, 0.1) is 11.8 Å². The highest BCUT2D eigenvalue weighted by molar-refractivity contribution is 7.16. The lowest BCUT2D eigenvalue weighted by Gasteiger charge is -2.21. The van der Waals surface area contributed by atoms with Gasteiger partial charge in [-0.1, -0.05) is 46.5 Å². The molecule has 0 aromatic rings. The van der Waals surface area contributed by atoms with Crippen LogP contribution in [0.2, 0.25) is 12.1 Å². The molecule has 0 atom stereocenters. The summed E-state index contributed by atoms with van der Waals surface area (Å²) in [5, 5.41) is 0. The smallest absolute Gasteiger partial charge is 0.289 e. The van der Waals surface area contributed by atoms with Crippen LogP contribution in [0.15, 0.2) is 0 Å². The molecule has 0 aliphatic carbocycles. The monoisotopic (exact) mass is 302 g/mol. The molecule has 0 spiro atoms. The van der Waals surface area contributed by atoms with Gasteiger partial charge in [-0.05, 0) is 24.9 Å². The first-order valence-electron chi connectivity index (χ1n) is 7.97. The first-order valence-corrected chi connectivity index (χ1v) is 11.3. The molecule has 19 heavy (non-hydrogen) atoms. The molecule has 0 rings (SSSR count). The van der Waals surface area contributed by atoms with Gasteiger partial charge >= 0.3 is 0 Å². The van der Waals surface area contributed by atoms with Crippen molar-refractivity contribution in [1.29, 1.82) is 0 Å². The van der Waals surface area contributed by atoms with E-state index in [9.17, 15) is 0 Å². The van der Waals surface area contributed by atoms with Gasteiger partial charge in [0.15, 0.2) is 0 Å². The molecule has 1 nitrogen and oxygen atoms in total. The van der Waals surface area contributed by atoms with Gasteiger partial charge in [-0.3, -0.25) is 0 Å². The molecule has 0 bridgehead atoms. The molecular formula is C16H31ClOSi. The predicted octanol–water partition coefficient (Wildman–Crippen LogP) is 5.87. The van der Waals surface area contributed by atoms with Crippen LogP contribution in [0.5, 0.6) is 0 Å². The lowest BCUT2D eigenvalue weighted by Crippen LogP contribution is -2.29. The third-order valence-electron chi connectivity index (χ3n) is 3.41. The highest BCUT2D eigenvalue weighted by Crippen LogP contribution is 2.21. The Morgan fingerprint density at radius 3 is 2.00 bits per heavy atom. The van der Waals surface area contributed by atoms with Gasteiger partial charge < -0.3 is 4.43 Å². The van der Waals surface area contributed by atoms with E-state index < -0.39 is 7.63 Å². The fourth-order valence-corrected chi connectivity index (χ4v) is 3.60. The number of hydrogen-bond donors (Lipinski definition) is 0. The third-order valence-corrected chi connectivity index (χ3v) is 8.18. The van der Waals surface area contributed by atoms with Crippen LogP contribution in [0.3, 0.4) is 0 Å². The summed E-state index contributed by atoms with van der Waals surface area (Å²) in [6, 6.07) is 2.04. The van der Waals surface area contributed by atoms with Crippen molar-refractivity contribution in [3.8, 4) is 11.8 Å². The highest BCUT2D eigenvalue weighted by Gasteiger charge is 2.27. The van der Waals surface area contributed by atoms with Crippen molar-refractivity contribution in [2.75, 3.05) is 6.61 Å². The minimum absolute atomic E-state index is 0.860. The van der Waals surface area contributed by atoms with Crippen molar-refractivity contribution >= 4 is 18.7 Å². The standard InChI is InChI=1S/C16H31ClOSi/c1-4-7-8-9-10-11-12-13-14-15-16-18-19(17,5-2)6-3/h4-6,9-16H2,1-3H3. The zero-order valence-electron chi connectivity index (χ0n) is 13.1. The third kappa shape index (κ3) is 11.5. The first kappa shape index (κ1) is 19.0. The fourth-order valence-electron chi connectivity index (χ4n) is 1.95. The Kier molecular flexibility index (Phi) is 13.0. The zero-order chi connectivity index (χ0) is 14.4. The lowest BCUT2D eigenvalue weighted by atomic mass is 10.1. The molecular weight excluding hydrogens is 272 g/mol. The van der Waals surface area contributed by atoms with Gasteiger partial charge in [0.2, 0.25) is 0 Å². The summed E-state index contributed by atoms with van der Waals surface area (Å²) >= 11 is 6.43. The summed E-state index contributed by atoms with van der Waals surface area (Å²) in [7, 11) is -1.83. The summed E-state index contributed by atoms with van der Waals surface area (Å²) in [5.74, 6) is 6.31. The van der Waals surface area contributed by atoms with Crippen LogP contribution in [0.1, 0.15) is 72.1 Å². The molecule has 112 valence electrons. The van der Waals surface area contributed by atoms with Crippen molar-refractivity contribution in [1.82, 2.24) is 0 Å². The van der Waals surface area contributed by atoms with E-state index in [0.717, 1.165) is 38.0 Å². The summed E-state index contributed by atoms with van der Waals surface area (Å²) in [6.07, 6.45) is 9.72. The molecule has 0 aromatic carbocycles. The van der Waals surface area contributed by atoms with Crippen molar-refractivity contribution in [3.05, 3.63) is 0 Å². The molecule has 0 unspecified atom stereocenters. The minimum atomic E-state index is -1.83. The maximum Gasteiger partial charge on any atom is 0.289 e. The van der Waals surface area contributed by atoms with Crippen LogP contribution in [0.25, 0.3) is 0 Å². The summed E-state index contributed by atoms with van der Waals surface area (Å²) in [5.41, 5.74) is 0. The molecule has 0 heterocycles. The zero-order valence-corrected chi connectivity index (χ0v) is 14.8. The fraction of sp³-hybridized carbons (Fsp3) is 0.875. The Hall–Kier alpha value is 0.0269. The molecule has 0 aromatic heterocycles. The van der Waals surface area contributed by atoms with Gasteiger partial charge in [0, 0.05) is 19.4 Å². The molecule has 3 heteroatoms. The molecule has 0 aliphatic rings. The molecule has 0 saturated heterocycles. The second-order valence-corrected chi connectivity index (χ2v) is 10.6. The molecule has 0 radical (unpaired) electrons. The van der Waals surface area contributed by atoms with Gasteiger partial charge in [-0.2, -0.15) is 0 Å².